The Morgan fingerprint density at radius 1 is 1.20 bits per heavy atom. The van der Waals surface area contributed by atoms with E-state index >= 15 is 0 Å². The molecular weight excluding hydrogens is 234 g/mol. The molecule has 0 heterocycles. The van der Waals surface area contributed by atoms with Gasteiger partial charge in [0, 0.05) is 6.42 Å². The number of halogens is 6. The minimum atomic E-state index is -5.90. The third kappa shape index (κ3) is 2.45. The van der Waals surface area contributed by atoms with Gasteiger partial charge in [-0.25, -0.2) is 4.79 Å². The number of rotatable bonds is 4. The quantitative estimate of drug-likeness (QED) is 0.607. The molecule has 0 aromatic rings. The number of ether oxygens (including phenoxy) is 1. The topological polar surface area (TPSA) is 46.5 Å². The molecule has 15 heavy (non-hydrogen) atoms. The first-order valence-corrected chi connectivity index (χ1v) is 3.53. The molecule has 90 valence electrons. The van der Waals surface area contributed by atoms with Gasteiger partial charge < -0.3 is 9.84 Å². The highest BCUT2D eigenvalue weighted by Gasteiger charge is 2.73. The number of carbonyl (C=O) groups is 1. The Labute approximate surface area is 79.6 Å². The molecule has 0 spiro atoms. The molecular formula is C6H6F6O3. The Hall–Kier alpha value is -1.15. The molecule has 0 aromatic heterocycles. The van der Waals surface area contributed by atoms with Gasteiger partial charge in [-0.05, 0) is 0 Å². The second kappa shape index (κ2) is 3.78. The Morgan fingerprint density at radius 2 is 1.60 bits per heavy atom. The van der Waals surface area contributed by atoms with Gasteiger partial charge in [0.25, 0.3) is 0 Å². The summed E-state index contributed by atoms with van der Waals surface area (Å²) < 4.78 is 76.7. The molecule has 0 aliphatic heterocycles. The van der Waals surface area contributed by atoms with E-state index in [1.54, 1.807) is 0 Å². The van der Waals surface area contributed by atoms with E-state index in [9.17, 15) is 31.1 Å². The van der Waals surface area contributed by atoms with E-state index < -0.39 is 30.5 Å². The van der Waals surface area contributed by atoms with Crippen molar-refractivity contribution in [3.8, 4) is 0 Å². The van der Waals surface area contributed by atoms with Crippen LogP contribution in [0.1, 0.15) is 13.3 Å². The first-order chi connectivity index (χ1) is 6.48. The van der Waals surface area contributed by atoms with Crippen molar-refractivity contribution < 1.29 is 41.0 Å². The van der Waals surface area contributed by atoms with Gasteiger partial charge in [0.15, 0.2) is 0 Å². The van der Waals surface area contributed by atoms with Gasteiger partial charge in [-0.15, -0.1) is 0 Å². The van der Waals surface area contributed by atoms with Crippen molar-refractivity contribution in [2.45, 2.75) is 31.3 Å². The van der Waals surface area contributed by atoms with Gasteiger partial charge in [-0.1, -0.05) is 6.92 Å². The Balaban J connectivity index is 5.08. The van der Waals surface area contributed by atoms with E-state index in [-0.39, 0.29) is 0 Å². The van der Waals surface area contributed by atoms with Gasteiger partial charge in [0.05, 0.1) is 0 Å². The average molecular weight is 240 g/mol. The van der Waals surface area contributed by atoms with Crippen molar-refractivity contribution in [1.82, 2.24) is 0 Å². The van der Waals surface area contributed by atoms with E-state index in [2.05, 4.69) is 4.74 Å². The molecule has 0 unspecified atom stereocenters. The van der Waals surface area contributed by atoms with Crippen molar-refractivity contribution in [2.24, 2.45) is 0 Å². The summed E-state index contributed by atoms with van der Waals surface area (Å²) in [6.07, 6.45) is -10.1. The molecule has 3 nitrogen and oxygen atoms in total. The summed E-state index contributed by atoms with van der Waals surface area (Å²) in [5.41, 5.74) is 0. The van der Waals surface area contributed by atoms with Crippen LogP contribution < -0.4 is 0 Å². The second-order valence-electron chi connectivity index (χ2n) is 2.52. The monoisotopic (exact) mass is 240 g/mol. The highest BCUT2D eigenvalue weighted by Crippen LogP contribution is 2.47. The van der Waals surface area contributed by atoms with Crippen LogP contribution in [0.2, 0.25) is 0 Å². The minimum Gasteiger partial charge on any atom is -0.450 e. The van der Waals surface area contributed by atoms with Gasteiger partial charge >= 0.3 is 24.1 Å². The van der Waals surface area contributed by atoms with Crippen LogP contribution in [0.4, 0.5) is 31.1 Å². The van der Waals surface area contributed by atoms with Crippen LogP contribution >= 0.6 is 0 Å². The first-order valence-electron chi connectivity index (χ1n) is 3.53. The van der Waals surface area contributed by atoms with Crippen molar-refractivity contribution in [1.29, 1.82) is 0 Å². The van der Waals surface area contributed by atoms with Crippen LogP contribution in [0, 0.1) is 0 Å². The summed E-state index contributed by atoms with van der Waals surface area (Å²) in [4.78, 5) is 9.60. The van der Waals surface area contributed by atoms with E-state index in [1.165, 1.54) is 0 Å². The molecule has 0 atom stereocenters. The van der Waals surface area contributed by atoms with Crippen LogP contribution in [0.15, 0.2) is 0 Å². The fraction of sp³-hybridized carbons (Fsp3) is 0.833. The molecule has 0 bridgehead atoms. The number of carboxylic acid groups (broad SMARTS) is 1. The zero-order valence-corrected chi connectivity index (χ0v) is 7.24. The zero-order valence-electron chi connectivity index (χ0n) is 7.24. The highest BCUT2D eigenvalue weighted by molar-refractivity contribution is 5.57. The second-order valence-corrected chi connectivity index (χ2v) is 2.52. The van der Waals surface area contributed by atoms with Crippen LogP contribution in [0.3, 0.4) is 0 Å². The largest absolute Gasteiger partial charge is 0.510 e. The van der Waals surface area contributed by atoms with E-state index in [1.807, 2.05) is 0 Å². The lowest BCUT2D eigenvalue weighted by molar-refractivity contribution is -0.383. The minimum absolute atomic E-state index is 0.546. The van der Waals surface area contributed by atoms with Crippen LogP contribution in [0.25, 0.3) is 0 Å². The Kier molecular flexibility index (Phi) is 3.49. The average Bonchev–Trinajstić information content (AvgIpc) is 2.01. The lowest BCUT2D eigenvalue weighted by atomic mass is 10.1. The fourth-order valence-electron chi connectivity index (χ4n) is 0.609. The summed E-state index contributed by atoms with van der Waals surface area (Å²) in [6, 6.07) is 0. The molecule has 9 heteroatoms. The van der Waals surface area contributed by atoms with Gasteiger partial charge in [0.1, 0.15) is 0 Å². The van der Waals surface area contributed by atoms with Crippen LogP contribution in [0.5, 0.6) is 0 Å². The molecule has 0 saturated carbocycles. The van der Waals surface area contributed by atoms with E-state index in [4.69, 9.17) is 5.11 Å². The van der Waals surface area contributed by atoms with Crippen molar-refractivity contribution in [3.63, 3.8) is 0 Å². The predicted octanol–water partition coefficient (Wildman–Crippen LogP) is 2.95. The first kappa shape index (κ1) is 13.8. The molecule has 0 aromatic carbocycles. The Bertz CT molecular complexity index is 251. The Morgan fingerprint density at radius 3 is 1.87 bits per heavy atom. The summed E-state index contributed by atoms with van der Waals surface area (Å²) >= 11 is 0. The lowest BCUT2D eigenvalue weighted by Crippen LogP contribution is -2.55. The fourth-order valence-corrected chi connectivity index (χ4v) is 0.609. The summed E-state index contributed by atoms with van der Waals surface area (Å²) in [5, 5.41) is 7.67. The zero-order chi connectivity index (χ0) is 12.5. The SMILES string of the molecule is CCC(F)(F)C(F)(F)C(F)(F)OC(=O)O. The summed E-state index contributed by atoms with van der Waals surface area (Å²) in [6.45, 7) is 0.546. The third-order valence-electron chi connectivity index (χ3n) is 1.48. The van der Waals surface area contributed by atoms with Gasteiger partial charge in [0.2, 0.25) is 0 Å². The van der Waals surface area contributed by atoms with Crippen LogP contribution in [-0.2, 0) is 4.74 Å². The molecule has 0 aliphatic carbocycles. The normalized spacial score (nSPS) is 13.8. The molecule has 0 saturated heterocycles. The summed E-state index contributed by atoms with van der Waals surface area (Å²) in [7, 11) is 0. The van der Waals surface area contributed by atoms with E-state index in [0.29, 0.717) is 6.92 Å². The van der Waals surface area contributed by atoms with Gasteiger partial charge in [-0.2, -0.15) is 26.3 Å². The molecule has 1 N–H and O–H groups in total. The molecule has 0 amide bonds. The molecule has 0 rings (SSSR count). The maximum absolute atomic E-state index is 12.5. The number of hydrogen-bond donors (Lipinski definition) is 1. The smallest absolute Gasteiger partial charge is 0.450 e. The maximum atomic E-state index is 12.5. The molecule has 0 aliphatic rings. The standard InChI is InChI=1S/C6H6F6O3/c1-2-4(7,8)5(9,10)6(11,12)15-3(13)14/h2H2,1H3,(H,13,14). The number of alkyl halides is 6. The number of hydrogen-bond acceptors (Lipinski definition) is 2. The lowest BCUT2D eigenvalue weighted by Gasteiger charge is -2.30. The highest BCUT2D eigenvalue weighted by atomic mass is 19.3. The predicted molar refractivity (Wildman–Crippen MR) is 34.2 cm³/mol. The molecule has 0 fully saturated rings. The van der Waals surface area contributed by atoms with E-state index in [0.717, 1.165) is 0 Å². The summed E-state index contributed by atoms with van der Waals surface area (Å²) in [5.74, 6) is -11.0. The molecule has 0 radical (unpaired) electrons. The van der Waals surface area contributed by atoms with Crippen molar-refractivity contribution in [3.05, 3.63) is 0 Å². The van der Waals surface area contributed by atoms with Crippen molar-refractivity contribution >= 4 is 6.16 Å². The van der Waals surface area contributed by atoms with Crippen LogP contribution in [-0.4, -0.2) is 29.2 Å². The van der Waals surface area contributed by atoms with Gasteiger partial charge in [-0.3, -0.25) is 0 Å². The third-order valence-corrected chi connectivity index (χ3v) is 1.48. The maximum Gasteiger partial charge on any atom is 0.510 e. The van der Waals surface area contributed by atoms with Crippen molar-refractivity contribution in [2.75, 3.05) is 0 Å².